The van der Waals surface area contributed by atoms with E-state index in [0.717, 1.165) is 23.6 Å². The minimum absolute atomic E-state index is 0. The highest BCUT2D eigenvalue weighted by Gasteiger charge is 2.23. The van der Waals surface area contributed by atoms with Gasteiger partial charge in [0.25, 0.3) is 0 Å². The van der Waals surface area contributed by atoms with Gasteiger partial charge in [-0.15, -0.1) is 23.7 Å². The van der Waals surface area contributed by atoms with Gasteiger partial charge in [0.2, 0.25) is 0 Å². The van der Waals surface area contributed by atoms with E-state index in [1.807, 2.05) is 12.1 Å². The zero-order valence-electron chi connectivity index (χ0n) is 17.0. The van der Waals surface area contributed by atoms with Crippen LogP contribution in [0.15, 0.2) is 52.3 Å². The summed E-state index contributed by atoms with van der Waals surface area (Å²) in [5.74, 6) is 0. The largest absolute Gasteiger partial charge is 0.375 e. The summed E-state index contributed by atoms with van der Waals surface area (Å²) in [4.78, 5) is 7.40. The zero-order chi connectivity index (χ0) is 20.5. The third-order valence-electron chi connectivity index (χ3n) is 5.69. The first-order valence-corrected chi connectivity index (χ1v) is 12.8. The van der Waals surface area contributed by atoms with Crippen LogP contribution >= 0.6 is 58.7 Å². The fourth-order valence-electron chi connectivity index (χ4n) is 4.15. The number of likely N-dealkylation sites (tertiary alicyclic amines) is 1. The van der Waals surface area contributed by atoms with Gasteiger partial charge in [-0.05, 0) is 55.8 Å². The van der Waals surface area contributed by atoms with Crippen LogP contribution < -0.4 is 0 Å². The molecular formula is C24H24Cl3NOS2. The standard InChI is InChI=1S/C24H23Cl2NOS2.ClH/c25-20-13-19-23(14-21(20)26)30-22-7-3-2-6-17(22)18-12-16(29-24(18)19)15-28-11-10-27-8-4-1-5-9-27;/h2-3,6-7,12-14H,1,4-5,8-11,15H2;1H. The first kappa shape index (κ1) is 23.4. The second kappa shape index (κ2) is 10.5. The smallest absolute Gasteiger partial charge is 0.0810 e. The van der Waals surface area contributed by atoms with Crippen LogP contribution in [-0.4, -0.2) is 31.1 Å². The summed E-state index contributed by atoms with van der Waals surface area (Å²) in [6.07, 6.45) is 4.01. The summed E-state index contributed by atoms with van der Waals surface area (Å²) >= 11 is 16.3. The summed E-state index contributed by atoms with van der Waals surface area (Å²) in [5.41, 5.74) is 3.68. The molecule has 2 aromatic carbocycles. The van der Waals surface area contributed by atoms with Gasteiger partial charge >= 0.3 is 0 Å². The number of piperidine rings is 1. The molecule has 0 unspecified atom stereocenters. The number of hydrogen-bond acceptors (Lipinski definition) is 4. The van der Waals surface area contributed by atoms with Crippen LogP contribution in [0.4, 0.5) is 0 Å². The van der Waals surface area contributed by atoms with Gasteiger partial charge in [-0.2, -0.15) is 0 Å². The van der Waals surface area contributed by atoms with Gasteiger partial charge in [0.05, 0.1) is 23.3 Å². The molecule has 0 bridgehead atoms. The number of rotatable bonds is 5. The quantitative estimate of drug-likeness (QED) is 0.250. The Bertz CT molecular complexity index is 1060. The molecule has 0 saturated carbocycles. The summed E-state index contributed by atoms with van der Waals surface area (Å²) < 4.78 is 6.07. The molecule has 2 nitrogen and oxygen atoms in total. The SMILES string of the molecule is Cl.Clc1cc2c(cc1Cl)-c1sc(COCCN3CCCCC3)cc1-c1ccccc1S2. The second-order valence-electron chi connectivity index (χ2n) is 7.77. The summed E-state index contributed by atoms with van der Waals surface area (Å²) in [5, 5.41) is 1.20. The number of fused-ring (bicyclic) bond motifs is 5. The summed E-state index contributed by atoms with van der Waals surface area (Å²) in [6.45, 7) is 4.89. The minimum atomic E-state index is 0. The van der Waals surface area contributed by atoms with E-state index in [0.29, 0.717) is 16.7 Å². The van der Waals surface area contributed by atoms with E-state index < -0.39 is 0 Å². The lowest BCUT2D eigenvalue weighted by molar-refractivity contribution is 0.0878. The van der Waals surface area contributed by atoms with E-state index in [9.17, 15) is 0 Å². The molecule has 3 heterocycles. The van der Waals surface area contributed by atoms with Crippen LogP contribution in [0, 0.1) is 0 Å². The number of nitrogens with zero attached hydrogens (tertiary/aromatic N) is 1. The molecule has 3 aromatic rings. The molecule has 31 heavy (non-hydrogen) atoms. The third-order valence-corrected chi connectivity index (χ3v) is 8.69. The Hall–Kier alpha value is -0.720. The summed E-state index contributed by atoms with van der Waals surface area (Å²) in [7, 11) is 0. The zero-order valence-corrected chi connectivity index (χ0v) is 21.0. The van der Waals surface area contributed by atoms with Crippen LogP contribution in [-0.2, 0) is 11.3 Å². The fraction of sp³-hybridized carbons (Fsp3) is 0.333. The Kier molecular flexibility index (Phi) is 7.92. The molecule has 7 heteroatoms. The molecule has 1 saturated heterocycles. The van der Waals surface area contributed by atoms with Crippen molar-refractivity contribution in [1.82, 2.24) is 4.90 Å². The number of benzene rings is 2. The molecule has 5 rings (SSSR count). The van der Waals surface area contributed by atoms with E-state index in [1.54, 1.807) is 23.1 Å². The van der Waals surface area contributed by atoms with Crippen LogP contribution in [0.5, 0.6) is 0 Å². The predicted octanol–water partition coefficient (Wildman–Crippen LogP) is 8.28. The average molecular weight is 513 g/mol. The molecule has 2 aliphatic heterocycles. The van der Waals surface area contributed by atoms with E-state index in [-0.39, 0.29) is 12.4 Å². The van der Waals surface area contributed by atoms with Gasteiger partial charge in [0, 0.05) is 37.2 Å². The first-order chi connectivity index (χ1) is 14.7. The van der Waals surface area contributed by atoms with Crippen LogP contribution in [0.25, 0.3) is 21.6 Å². The van der Waals surface area contributed by atoms with E-state index in [2.05, 4.69) is 35.2 Å². The Balaban J connectivity index is 0.00000231. The monoisotopic (exact) mass is 511 g/mol. The molecule has 2 aliphatic rings. The highest BCUT2D eigenvalue weighted by molar-refractivity contribution is 7.99. The van der Waals surface area contributed by atoms with Crippen molar-refractivity contribution in [2.24, 2.45) is 0 Å². The molecule has 1 fully saturated rings. The molecule has 0 N–H and O–H groups in total. The molecule has 0 atom stereocenters. The van der Waals surface area contributed by atoms with Crippen molar-refractivity contribution in [3.8, 4) is 21.6 Å². The lowest BCUT2D eigenvalue weighted by Crippen LogP contribution is -2.32. The van der Waals surface area contributed by atoms with Gasteiger partial charge in [0.15, 0.2) is 0 Å². The van der Waals surface area contributed by atoms with Crippen LogP contribution in [0.3, 0.4) is 0 Å². The topological polar surface area (TPSA) is 12.5 Å². The summed E-state index contributed by atoms with van der Waals surface area (Å²) in [6, 6.07) is 14.9. The number of hydrogen-bond donors (Lipinski definition) is 0. The molecular weight excluding hydrogens is 489 g/mol. The fourth-order valence-corrected chi connectivity index (χ4v) is 6.86. The van der Waals surface area contributed by atoms with Crippen LogP contribution in [0.2, 0.25) is 10.0 Å². The maximum absolute atomic E-state index is 6.39. The third kappa shape index (κ3) is 5.11. The Morgan fingerprint density at radius 2 is 1.65 bits per heavy atom. The first-order valence-electron chi connectivity index (χ1n) is 10.4. The number of halogens is 3. The number of ether oxygens (including phenoxy) is 1. The highest BCUT2D eigenvalue weighted by atomic mass is 35.5. The van der Waals surface area contributed by atoms with E-state index in [4.69, 9.17) is 27.9 Å². The van der Waals surface area contributed by atoms with Crippen molar-refractivity contribution in [3.05, 3.63) is 57.4 Å². The Morgan fingerprint density at radius 3 is 2.48 bits per heavy atom. The van der Waals surface area contributed by atoms with Gasteiger partial charge in [0.1, 0.15) is 0 Å². The number of thiophene rings is 1. The van der Waals surface area contributed by atoms with E-state index >= 15 is 0 Å². The second-order valence-corrected chi connectivity index (χ2v) is 10.8. The van der Waals surface area contributed by atoms with E-state index in [1.165, 1.54) is 58.1 Å². The van der Waals surface area contributed by atoms with Gasteiger partial charge in [-0.1, -0.05) is 59.6 Å². The molecule has 0 amide bonds. The average Bonchev–Trinajstić information content (AvgIpc) is 3.14. The lowest BCUT2D eigenvalue weighted by atomic mass is 10.0. The van der Waals surface area contributed by atoms with Gasteiger partial charge in [-0.3, -0.25) is 0 Å². The normalized spacial score (nSPS) is 15.4. The van der Waals surface area contributed by atoms with Crippen molar-refractivity contribution >= 4 is 58.7 Å². The maximum Gasteiger partial charge on any atom is 0.0810 e. The van der Waals surface area contributed by atoms with Gasteiger partial charge < -0.3 is 9.64 Å². The predicted molar refractivity (Wildman–Crippen MR) is 137 cm³/mol. The lowest BCUT2D eigenvalue weighted by Gasteiger charge is -2.26. The van der Waals surface area contributed by atoms with Gasteiger partial charge in [-0.25, -0.2) is 0 Å². The Labute approximate surface area is 208 Å². The van der Waals surface area contributed by atoms with Crippen molar-refractivity contribution in [3.63, 3.8) is 0 Å². The molecule has 0 aliphatic carbocycles. The van der Waals surface area contributed by atoms with Crippen molar-refractivity contribution < 1.29 is 4.74 Å². The Morgan fingerprint density at radius 1 is 0.871 bits per heavy atom. The highest BCUT2D eigenvalue weighted by Crippen LogP contribution is 2.52. The minimum Gasteiger partial charge on any atom is -0.375 e. The molecule has 0 spiro atoms. The van der Waals surface area contributed by atoms with Crippen molar-refractivity contribution in [2.45, 2.75) is 35.7 Å². The van der Waals surface area contributed by atoms with Crippen LogP contribution in [0.1, 0.15) is 24.1 Å². The molecule has 164 valence electrons. The maximum atomic E-state index is 6.39. The molecule has 0 radical (unpaired) electrons. The molecule has 1 aromatic heterocycles. The van der Waals surface area contributed by atoms with Crippen molar-refractivity contribution in [2.75, 3.05) is 26.2 Å². The van der Waals surface area contributed by atoms with Crippen molar-refractivity contribution in [1.29, 1.82) is 0 Å².